The van der Waals surface area contributed by atoms with Gasteiger partial charge in [-0.1, -0.05) is 42.3 Å². The molecule has 0 saturated heterocycles. The first kappa shape index (κ1) is 23.1. The van der Waals surface area contributed by atoms with E-state index in [4.69, 9.17) is 4.74 Å². The van der Waals surface area contributed by atoms with Gasteiger partial charge in [0.1, 0.15) is 5.60 Å². The number of rotatable bonds is 3. The molecule has 0 aromatic carbocycles. The fourth-order valence-electron chi connectivity index (χ4n) is 7.78. The summed E-state index contributed by atoms with van der Waals surface area (Å²) in [6.45, 7) is 6.74. The molecule has 6 nitrogen and oxygen atoms in total. The van der Waals surface area contributed by atoms with E-state index in [0.717, 1.165) is 18.4 Å². The molecule has 0 bridgehead atoms. The Bertz CT molecular complexity index is 868. The predicted molar refractivity (Wildman–Crippen MR) is 117 cm³/mol. The number of fused-ring (bicyclic) bond motifs is 5. The lowest BCUT2D eigenvalue weighted by atomic mass is 9.45. The molecule has 0 amide bonds. The number of allylic oxidation sites excluding steroid dienone is 1. The Balaban J connectivity index is 1.75. The van der Waals surface area contributed by atoms with Gasteiger partial charge in [-0.2, -0.15) is 0 Å². The second kappa shape index (κ2) is 7.22. The average Bonchev–Trinajstić information content (AvgIpc) is 2.89. The van der Waals surface area contributed by atoms with Gasteiger partial charge in [0.05, 0.1) is 10.4 Å². The van der Waals surface area contributed by atoms with Gasteiger partial charge in [0.25, 0.3) is 0 Å². The quantitative estimate of drug-likeness (QED) is 0.459. The molecule has 3 fully saturated rings. The molecule has 0 heterocycles. The van der Waals surface area contributed by atoms with Crippen LogP contribution in [0.4, 0.5) is 0 Å². The second-order valence-corrected chi connectivity index (χ2v) is 12.0. The summed E-state index contributed by atoms with van der Waals surface area (Å²) in [5.41, 5.74) is -1.74. The van der Waals surface area contributed by atoms with E-state index in [0.29, 0.717) is 19.3 Å². The van der Waals surface area contributed by atoms with E-state index in [1.165, 1.54) is 6.92 Å². The molecule has 0 aromatic heterocycles. The van der Waals surface area contributed by atoms with E-state index in [2.05, 4.69) is 22.9 Å². The maximum Gasteiger partial charge on any atom is 0.303 e. The summed E-state index contributed by atoms with van der Waals surface area (Å²) < 4.78 is 4.33. The van der Waals surface area contributed by atoms with Crippen LogP contribution < -0.4 is 0 Å². The lowest BCUT2D eigenvalue weighted by Crippen LogP contribution is -2.69. The number of ether oxygens (including phenoxy) is 1. The first-order valence-electron chi connectivity index (χ1n) is 11.3. The molecule has 4 aliphatic carbocycles. The SMILES string of the molecule is CC(=O)OCC(=O)[C@@]1(O)[C@H](C)C[C@H]2[C@@H]3CCC4=CC(=O)CC[C@]4(C)[C@@]3(Br)[C@@H](O)C[C@@]21C. The Labute approximate surface area is 191 Å². The Kier molecular flexibility index (Phi) is 5.39. The van der Waals surface area contributed by atoms with Crippen molar-refractivity contribution in [1.29, 1.82) is 0 Å². The van der Waals surface area contributed by atoms with Crippen LogP contribution in [-0.4, -0.2) is 50.4 Å². The molecule has 0 unspecified atom stereocenters. The van der Waals surface area contributed by atoms with Gasteiger partial charge < -0.3 is 14.9 Å². The average molecular weight is 497 g/mol. The van der Waals surface area contributed by atoms with Gasteiger partial charge in [0.2, 0.25) is 5.78 Å². The number of carbonyl (C=O) groups excluding carboxylic acids is 3. The summed E-state index contributed by atoms with van der Waals surface area (Å²) in [6, 6.07) is 0. The van der Waals surface area contributed by atoms with Crippen molar-refractivity contribution in [3.8, 4) is 0 Å². The maximum absolute atomic E-state index is 13.1. The highest BCUT2D eigenvalue weighted by Crippen LogP contribution is 2.72. The molecular weight excluding hydrogens is 464 g/mol. The third-order valence-corrected chi connectivity index (χ3v) is 11.4. The minimum absolute atomic E-state index is 0.0209. The summed E-state index contributed by atoms with van der Waals surface area (Å²) >= 11 is 4.02. The van der Waals surface area contributed by atoms with Crippen LogP contribution in [0.2, 0.25) is 0 Å². The fourth-order valence-corrected chi connectivity index (χ4v) is 8.94. The van der Waals surface area contributed by atoms with Crippen molar-refractivity contribution in [2.45, 2.75) is 82.2 Å². The molecule has 3 saturated carbocycles. The summed E-state index contributed by atoms with van der Waals surface area (Å²) in [5, 5.41) is 23.4. The summed E-state index contributed by atoms with van der Waals surface area (Å²) in [6.07, 6.45) is 4.64. The van der Waals surface area contributed by atoms with Crippen molar-refractivity contribution in [1.82, 2.24) is 0 Å². The molecular formula is C24H33BrO6. The third kappa shape index (κ3) is 2.85. The van der Waals surface area contributed by atoms with Crippen molar-refractivity contribution in [2.24, 2.45) is 28.6 Å². The number of halogens is 1. The smallest absolute Gasteiger partial charge is 0.303 e. The van der Waals surface area contributed by atoms with Crippen LogP contribution in [0.3, 0.4) is 0 Å². The van der Waals surface area contributed by atoms with Crippen LogP contribution in [0.1, 0.15) is 66.2 Å². The normalized spacial score (nSPS) is 48.9. The van der Waals surface area contributed by atoms with Gasteiger partial charge in [0, 0.05) is 24.2 Å². The van der Waals surface area contributed by atoms with Crippen molar-refractivity contribution in [2.75, 3.05) is 6.61 Å². The molecule has 0 aliphatic heterocycles. The van der Waals surface area contributed by atoms with E-state index in [1.807, 2.05) is 13.8 Å². The van der Waals surface area contributed by atoms with Crippen molar-refractivity contribution < 1.29 is 29.3 Å². The Morgan fingerprint density at radius 3 is 2.58 bits per heavy atom. The molecule has 7 heteroatoms. The number of aliphatic hydroxyl groups is 2. The number of hydrogen-bond donors (Lipinski definition) is 2. The number of aliphatic hydroxyl groups excluding tert-OH is 1. The number of ketones is 2. The van der Waals surface area contributed by atoms with Crippen LogP contribution in [0.5, 0.6) is 0 Å². The largest absolute Gasteiger partial charge is 0.458 e. The number of Topliss-reactive ketones (excluding diaryl/α,β-unsaturated/α-hetero) is 1. The van der Waals surface area contributed by atoms with E-state index in [-0.39, 0.29) is 35.4 Å². The minimum Gasteiger partial charge on any atom is -0.458 e. The molecule has 0 radical (unpaired) electrons. The van der Waals surface area contributed by atoms with E-state index < -0.39 is 39.8 Å². The van der Waals surface area contributed by atoms with Gasteiger partial charge in [0.15, 0.2) is 12.4 Å². The van der Waals surface area contributed by atoms with Crippen LogP contribution in [0.25, 0.3) is 0 Å². The number of hydrogen-bond acceptors (Lipinski definition) is 6. The number of esters is 1. The van der Waals surface area contributed by atoms with Crippen LogP contribution >= 0.6 is 15.9 Å². The van der Waals surface area contributed by atoms with Crippen LogP contribution in [0, 0.1) is 28.6 Å². The van der Waals surface area contributed by atoms with Gasteiger partial charge >= 0.3 is 5.97 Å². The van der Waals surface area contributed by atoms with Crippen molar-refractivity contribution in [3.63, 3.8) is 0 Å². The number of carbonyl (C=O) groups is 3. The molecule has 0 spiro atoms. The summed E-state index contributed by atoms with van der Waals surface area (Å²) in [5.74, 6) is -1.14. The zero-order valence-electron chi connectivity index (χ0n) is 18.7. The third-order valence-electron chi connectivity index (χ3n) is 9.45. The van der Waals surface area contributed by atoms with Gasteiger partial charge in [-0.15, -0.1) is 0 Å². The van der Waals surface area contributed by atoms with Gasteiger partial charge in [-0.05, 0) is 55.9 Å². The first-order chi connectivity index (χ1) is 14.3. The maximum atomic E-state index is 13.1. The Hall–Kier alpha value is -1.05. The zero-order valence-corrected chi connectivity index (χ0v) is 20.3. The Morgan fingerprint density at radius 1 is 1.26 bits per heavy atom. The summed E-state index contributed by atoms with van der Waals surface area (Å²) in [4.78, 5) is 36.5. The minimum atomic E-state index is -1.66. The lowest BCUT2D eigenvalue weighted by Gasteiger charge is -2.65. The molecule has 4 rings (SSSR count). The molecule has 172 valence electrons. The topological polar surface area (TPSA) is 101 Å². The van der Waals surface area contributed by atoms with Crippen molar-refractivity contribution >= 4 is 33.5 Å². The fraction of sp³-hybridized carbons (Fsp3) is 0.792. The first-order valence-corrected chi connectivity index (χ1v) is 12.1. The van der Waals surface area contributed by atoms with E-state index in [1.54, 1.807) is 6.08 Å². The lowest BCUT2D eigenvalue weighted by molar-refractivity contribution is -0.182. The van der Waals surface area contributed by atoms with E-state index in [9.17, 15) is 24.6 Å². The Morgan fingerprint density at radius 2 is 1.94 bits per heavy atom. The van der Waals surface area contributed by atoms with Crippen molar-refractivity contribution in [3.05, 3.63) is 11.6 Å². The standard InChI is InChI=1S/C24H33BrO6/c1-13-9-18-17-6-5-15-10-16(27)7-8-21(15,3)23(17,25)19(28)11-22(18,4)24(13,30)20(29)12-31-14(2)26/h10,13,17-19,28,30H,5-9,11-12H2,1-4H3/t13-,17+,18+,19+,21+,22+,23+,24+/m1/s1. The zero-order chi connectivity index (χ0) is 23.0. The molecule has 8 atom stereocenters. The van der Waals surface area contributed by atoms with E-state index >= 15 is 0 Å². The van der Waals surface area contributed by atoms with Crippen LogP contribution in [-0.2, 0) is 19.1 Å². The predicted octanol–water partition coefficient (Wildman–Crippen LogP) is 3.12. The highest BCUT2D eigenvalue weighted by molar-refractivity contribution is 9.10. The van der Waals surface area contributed by atoms with Gasteiger partial charge in [-0.25, -0.2) is 0 Å². The van der Waals surface area contributed by atoms with Crippen LogP contribution in [0.15, 0.2) is 11.6 Å². The molecule has 0 aromatic rings. The molecule has 4 aliphatic rings. The van der Waals surface area contributed by atoms with Gasteiger partial charge in [-0.3, -0.25) is 14.4 Å². The molecule has 31 heavy (non-hydrogen) atoms. The monoisotopic (exact) mass is 496 g/mol. The second-order valence-electron chi connectivity index (χ2n) is 10.7. The molecule has 2 N–H and O–H groups in total. The highest BCUT2D eigenvalue weighted by Gasteiger charge is 2.74. The summed E-state index contributed by atoms with van der Waals surface area (Å²) in [7, 11) is 0. The highest BCUT2D eigenvalue weighted by atomic mass is 79.9. The number of alkyl halides is 1.